The van der Waals surface area contributed by atoms with E-state index in [1.54, 1.807) is 30.5 Å². The van der Waals surface area contributed by atoms with Crippen LogP contribution >= 0.6 is 0 Å². The van der Waals surface area contributed by atoms with E-state index in [0.717, 1.165) is 12.1 Å². The molecule has 0 unspecified atom stereocenters. The van der Waals surface area contributed by atoms with E-state index in [2.05, 4.69) is 4.72 Å². The molecule has 0 aliphatic heterocycles. The van der Waals surface area contributed by atoms with Crippen molar-refractivity contribution < 1.29 is 17.2 Å². The molecule has 0 saturated heterocycles. The summed E-state index contributed by atoms with van der Waals surface area (Å²) in [5.41, 5.74) is 0.305. The summed E-state index contributed by atoms with van der Waals surface area (Å²) in [5.74, 6) is -1.75. The van der Waals surface area contributed by atoms with Gasteiger partial charge in [0.15, 0.2) is 11.6 Å². The highest BCUT2D eigenvalue weighted by molar-refractivity contribution is 7.92. The van der Waals surface area contributed by atoms with Crippen LogP contribution in [0.25, 0.3) is 5.69 Å². The summed E-state index contributed by atoms with van der Waals surface area (Å²) in [7, 11) is -3.77. The lowest BCUT2D eigenvalue weighted by Gasteiger charge is -2.12. The highest BCUT2D eigenvalue weighted by atomic mass is 32.2. The van der Waals surface area contributed by atoms with E-state index in [1.807, 2.05) is 0 Å². The van der Waals surface area contributed by atoms with Gasteiger partial charge in [-0.2, -0.15) is 0 Å². The van der Waals surface area contributed by atoms with Crippen molar-refractivity contribution >= 4 is 15.8 Å². The Labute approximate surface area is 132 Å². The van der Waals surface area contributed by atoms with Gasteiger partial charge in [0.2, 0.25) is 0 Å². The van der Waals surface area contributed by atoms with Crippen LogP contribution in [0.1, 0.15) is 0 Å². The molecule has 0 fully saturated rings. The van der Waals surface area contributed by atoms with E-state index < -0.39 is 21.7 Å². The lowest BCUT2D eigenvalue weighted by atomic mass is 10.3. The molecule has 0 spiro atoms. The van der Waals surface area contributed by atoms with Crippen molar-refractivity contribution in [1.29, 1.82) is 0 Å². The van der Waals surface area contributed by atoms with Gasteiger partial charge in [0, 0.05) is 12.3 Å². The number of hydrogen-bond acceptors (Lipinski definition) is 2. The molecule has 1 aromatic heterocycles. The number of halogens is 2. The minimum atomic E-state index is -3.77. The van der Waals surface area contributed by atoms with Crippen LogP contribution in [0.15, 0.2) is 71.8 Å². The Morgan fingerprint density at radius 2 is 1.61 bits per heavy atom. The van der Waals surface area contributed by atoms with Gasteiger partial charge in [-0.1, -0.05) is 18.2 Å². The molecule has 2 aromatic carbocycles. The molecule has 118 valence electrons. The molecule has 0 atom stereocenters. The van der Waals surface area contributed by atoms with Crippen molar-refractivity contribution in [3.8, 4) is 5.69 Å². The topological polar surface area (TPSA) is 51.1 Å². The van der Waals surface area contributed by atoms with Gasteiger partial charge < -0.3 is 4.57 Å². The predicted molar refractivity (Wildman–Crippen MR) is 82.9 cm³/mol. The maximum Gasteiger partial charge on any atom is 0.263 e. The maximum absolute atomic E-state index is 13.4. The molecular weight excluding hydrogens is 322 g/mol. The first-order valence-corrected chi connectivity index (χ1v) is 8.16. The third-order valence-corrected chi connectivity index (χ3v) is 4.59. The van der Waals surface area contributed by atoms with E-state index in [4.69, 9.17) is 0 Å². The number of rotatable bonds is 4. The van der Waals surface area contributed by atoms with Crippen molar-refractivity contribution in [2.45, 2.75) is 4.90 Å². The first-order valence-electron chi connectivity index (χ1n) is 6.68. The monoisotopic (exact) mass is 334 g/mol. The lowest BCUT2D eigenvalue weighted by molar-refractivity contribution is 0.508. The van der Waals surface area contributed by atoms with Crippen LogP contribution in [0.3, 0.4) is 0 Å². The summed E-state index contributed by atoms with van der Waals surface area (Å²) in [6.07, 6.45) is 1.55. The zero-order valence-electron chi connectivity index (χ0n) is 11.8. The molecule has 1 N–H and O–H groups in total. The Balaban J connectivity index is 1.97. The van der Waals surface area contributed by atoms with E-state index >= 15 is 0 Å². The van der Waals surface area contributed by atoms with Gasteiger partial charge in [-0.25, -0.2) is 17.2 Å². The molecule has 0 saturated carbocycles. The molecular formula is C16H12F2N2O2S. The molecule has 3 aromatic rings. The third kappa shape index (κ3) is 3.09. The van der Waals surface area contributed by atoms with Crippen LogP contribution < -0.4 is 4.72 Å². The second-order valence-electron chi connectivity index (χ2n) is 4.78. The third-order valence-electron chi connectivity index (χ3n) is 3.22. The number of benzene rings is 2. The molecule has 0 aliphatic rings. The fourth-order valence-corrected chi connectivity index (χ4v) is 3.20. The molecule has 0 radical (unpaired) electrons. The zero-order valence-corrected chi connectivity index (χ0v) is 12.6. The average Bonchev–Trinajstić information content (AvgIpc) is 2.98. The van der Waals surface area contributed by atoms with Gasteiger partial charge in [-0.3, -0.25) is 4.72 Å². The second kappa shape index (κ2) is 5.85. The van der Waals surface area contributed by atoms with Crippen LogP contribution in [-0.4, -0.2) is 13.0 Å². The van der Waals surface area contributed by atoms with E-state index in [1.165, 1.54) is 28.8 Å². The Kier molecular flexibility index (Phi) is 3.87. The number of hydrogen-bond donors (Lipinski definition) is 1. The van der Waals surface area contributed by atoms with Crippen LogP contribution in [0.2, 0.25) is 0 Å². The normalized spacial score (nSPS) is 11.4. The van der Waals surface area contributed by atoms with Crippen molar-refractivity contribution in [1.82, 2.24) is 4.57 Å². The van der Waals surface area contributed by atoms with Gasteiger partial charge in [-0.05, 0) is 36.4 Å². The SMILES string of the molecule is O=S(=O)(Nc1cccn1-c1ccc(F)c(F)c1)c1ccccc1. The first kappa shape index (κ1) is 15.2. The minimum Gasteiger partial charge on any atom is -0.303 e. The van der Waals surface area contributed by atoms with Crippen molar-refractivity contribution in [3.63, 3.8) is 0 Å². The summed E-state index contributed by atoms with van der Waals surface area (Å²) in [6.45, 7) is 0. The van der Waals surface area contributed by atoms with E-state index in [9.17, 15) is 17.2 Å². The molecule has 0 bridgehead atoms. The van der Waals surface area contributed by atoms with Crippen LogP contribution in [0.5, 0.6) is 0 Å². The fraction of sp³-hybridized carbons (Fsp3) is 0. The van der Waals surface area contributed by atoms with Crippen LogP contribution in [0.4, 0.5) is 14.6 Å². The Morgan fingerprint density at radius 1 is 0.870 bits per heavy atom. The Bertz CT molecular complexity index is 938. The molecule has 1 heterocycles. The molecule has 0 amide bonds. The molecule has 3 rings (SSSR count). The number of nitrogens with one attached hydrogen (secondary N) is 1. The number of nitrogens with zero attached hydrogens (tertiary/aromatic N) is 1. The van der Waals surface area contributed by atoms with E-state index in [-0.39, 0.29) is 10.7 Å². The summed E-state index contributed by atoms with van der Waals surface area (Å²) in [6, 6.07) is 14.3. The molecule has 23 heavy (non-hydrogen) atoms. The van der Waals surface area contributed by atoms with Crippen LogP contribution in [-0.2, 0) is 10.0 Å². The molecule has 7 heteroatoms. The highest BCUT2D eigenvalue weighted by Crippen LogP contribution is 2.22. The van der Waals surface area contributed by atoms with Gasteiger partial charge >= 0.3 is 0 Å². The Hall–Kier alpha value is -2.67. The van der Waals surface area contributed by atoms with Crippen LogP contribution in [0, 0.1) is 11.6 Å². The number of sulfonamides is 1. The van der Waals surface area contributed by atoms with E-state index in [0.29, 0.717) is 5.69 Å². The van der Waals surface area contributed by atoms with Crippen molar-refractivity contribution in [2.24, 2.45) is 0 Å². The smallest absolute Gasteiger partial charge is 0.263 e. The second-order valence-corrected chi connectivity index (χ2v) is 6.46. The van der Waals surface area contributed by atoms with Gasteiger partial charge in [-0.15, -0.1) is 0 Å². The molecule has 0 aliphatic carbocycles. The fourth-order valence-electron chi connectivity index (χ4n) is 2.12. The average molecular weight is 334 g/mol. The lowest BCUT2D eigenvalue weighted by Crippen LogP contribution is -2.15. The quantitative estimate of drug-likeness (QED) is 0.793. The summed E-state index contributed by atoms with van der Waals surface area (Å²) in [4.78, 5) is 0.109. The number of anilines is 1. The predicted octanol–water partition coefficient (Wildman–Crippen LogP) is 3.56. The summed E-state index contributed by atoms with van der Waals surface area (Å²) >= 11 is 0. The zero-order chi connectivity index (χ0) is 16.4. The standard InChI is InChI=1S/C16H12F2N2O2S/c17-14-9-8-12(11-15(14)18)20-10-4-7-16(20)19-23(21,22)13-5-2-1-3-6-13/h1-11,19H. The summed E-state index contributed by atoms with van der Waals surface area (Å²) < 4.78 is 55.0. The first-order chi connectivity index (χ1) is 11.0. The Morgan fingerprint density at radius 3 is 2.30 bits per heavy atom. The van der Waals surface area contributed by atoms with Gasteiger partial charge in [0.25, 0.3) is 10.0 Å². The molecule has 4 nitrogen and oxygen atoms in total. The van der Waals surface area contributed by atoms with Gasteiger partial charge in [0.1, 0.15) is 5.82 Å². The van der Waals surface area contributed by atoms with Crippen molar-refractivity contribution in [2.75, 3.05) is 4.72 Å². The maximum atomic E-state index is 13.4. The summed E-state index contributed by atoms with van der Waals surface area (Å²) in [5, 5.41) is 0. The van der Waals surface area contributed by atoms with Crippen molar-refractivity contribution in [3.05, 3.63) is 78.5 Å². The highest BCUT2D eigenvalue weighted by Gasteiger charge is 2.16. The van der Waals surface area contributed by atoms with Gasteiger partial charge in [0.05, 0.1) is 10.6 Å². The largest absolute Gasteiger partial charge is 0.303 e. The number of aromatic nitrogens is 1. The minimum absolute atomic E-state index is 0.109.